The van der Waals surface area contributed by atoms with Crippen LogP contribution >= 0.6 is 0 Å². The summed E-state index contributed by atoms with van der Waals surface area (Å²) in [5, 5.41) is 3.56. The first-order chi connectivity index (χ1) is 7.30. The van der Waals surface area contributed by atoms with Gasteiger partial charge in [0.25, 0.3) is 0 Å². The Balaban J connectivity index is 2.23. The number of nitrogens with zero attached hydrogens (tertiary/aromatic N) is 1. The van der Waals surface area contributed by atoms with Gasteiger partial charge in [0.15, 0.2) is 0 Å². The number of hydrogen-bond acceptors (Lipinski definition) is 2. The normalized spacial score (nSPS) is 19.2. The molecule has 1 aliphatic rings. The van der Waals surface area contributed by atoms with E-state index in [-0.39, 0.29) is 0 Å². The molecule has 0 bridgehead atoms. The minimum Gasteiger partial charge on any atom is -0.313 e. The van der Waals surface area contributed by atoms with E-state index in [9.17, 15) is 0 Å². The van der Waals surface area contributed by atoms with Crippen LogP contribution in [-0.4, -0.2) is 37.1 Å². The largest absolute Gasteiger partial charge is 0.313 e. The topological polar surface area (TPSA) is 15.3 Å². The van der Waals surface area contributed by atoms with E-state index >= 15 is 0 Å². The van der Waals surface area contributed by atoms with Gasteiger partial charge >= 0.3 is 0 Å². The molecule has 0 aromatic heterocycles. The van der Waals surface area contributed by atoms with E-state index in [1.165, 1.54) is 45.3 Å². The Morgan fingerprint density at radius 1 is 1.27 bits per heavy atom. The van der Waals surface area contributed by atoms with Gasteiger partial charge in [-0.25, -0.2) is 0 Å². The molecule has 2 heteroatoms. The molecule has 1 fully saturated rings. The van der Waals surface area contributed by atoms with Crippen molar-refractivity contribution in [1.29, 1.82) is 0 Å². The van der Waals surface area contributed by atoms with Gasteiger partial charge in [-0.15, -0.1) is 0 Å². The lowest BCUT2D eigenvalue weighted by atomic mass is 9.85. The standard InChI is InChI=1S/C13H28N2/c1-4-13(14-5-2)11-15(6-3)10-12-8-7-9-12/h12-14H,4-11H2,1-3H3. The van der Waals surface area contributed by atoms with Gasteiger partial charge in [0, 0.05) is 19.1 Å². The van der Waals surface area contributed by atoms with Crippen LogP contribution in [-0.2, 0) is 0 Å². The smallest absolute Gasteiger partial charge is 0.0192 e. The fourth-order valence-electron chi connectivity index (χ4n) is 2.31. The maximum atomic E-state index is 3.56. The molecule has 0 aliphatic heterocycles. The zero-order chi connectivity index (χ0) is 11.1. The van der Waals surface area contributed by atoms with Crippen LogP contribution < -0.4 is 5.32 Å². The summed E-state index contributed by atoms with van der Waals surface area (Å²) in [6, 6.07) is 0.690. The molecule has 1 aliphatic carbocycles. The number of likely N-dealkylation sites (N-methyl/N-ethyl adjacent to an activating group) is 2. The molecule has 1 saturated carbocycles. The highest BCUT2D eigenvalue weighted by atomic mass is 15.1. The van der Waals surface area contributed by atoms with Gasteiger partial charge in [-0.2, -0.15) is 0 Å². The molecule has 1 atom stereocenters. The minimum atomic E-state index is 0.690. The van der Waals surface area contributed by atoms with Crippen molar-refractivity contribution in [1.82, 2.24) is 10.2 Å². The number of rotatable bonds is 8. The summed E-state index contributed by atoms with van der Waals surface area (Å²) in [5.74, 6) is 1.00. The summed E-state index contributed by atoms with van der Waals surface area (Å²) >= 11 is 0. The van der Waals surface area contributed by atoms with Crippen molar-refractivity contribution in [2.75, 3.05) is 26.2 Å². The van der Waals surface area contributed by atoms with Crippen LogP contribution in [0.1, 0.15) is 46.5 Å². The van der Waals surface area contributed by atoms with Crippen LogP contribution in [0.15, 0.2) is 0 Å². The van der Waals surface area contributed by atoms with Crippen LogP contribution in [0.2, 0.25) is 0 Å². The van der Waals surface area contributed by atoms with Gasteiger partial charge in [0.2, 0.25) is 0 Å². The quantitative estimate of drug-likeness (QED) is 0.665. The first-order valence-electron chi connectivity index (χ1n) is 6.75. The Morgan fingerprint density at radius 3 is 2.40 bits per heavy atom. The average Bonchev–Trinajstić information content (AvgIpc) is 2.20. The third-order valence-corrected chi connectivity index (χ3v) is 3.65. The summed E-state index contributed by atoms with van der Waals surface area (Å²) in [7, 11) is 0. The monoisotopic (exact) mass is 212 g/mol. The summed E-state index contributed by atoms with van der Waals surface area (Å²) < 4.78 is 0. The molecule has 1 rings (SSSR count). The molecule has 90 valence electrons. The molecule has 2 nitrogen and oxygen atoms in total. The highest BCUT2D eigenvalue weighted by Gasteiger charge is 2.21. The average molecular weight is 212 g/mol. The van der Waals surface area contributed by atoms with Crippen molar-refractivity contribution >= 4 is 0 Å². The third kappa shape index (κ3) is 4.52. The van der Waals surface area contributed by atoms with E-state index in [0.29, 0.717) is 6.04 Å². The van der Waals surface area contributed by atoms with Crippen LogP contribution in [0.5, 0.6) is 0 Å². The van der Waals surface area contributed by atoms with Crippen LogP contribution in [0.4, 0.5) is 0 Å². The summed E-state index contributed by atoms with van der Waals surface area (Å²) in [5.41, 5.74) is 0. The van der Waals surface area contributed by atoms with E-state index in [1.54, 1.807) is 0 Å². The predicted octanol–water partition coefficient (Wildman–Crippen LogP) is 2.50. The third-order valence-electron chi connectivity index (χ3n) is 3.65. The lowest BCUT2D eigenvalue weighted by molar-refractivity contribution is 0.169. The first kappa shape index (κ1) is 13.0. The second-order valence-electron chi connectivity index (χ2n) is 4.81. The van der Waals surface area contributed by atoms with Gasteiger partial charge < -0.3 is 10.2 Å². The van der Waals surface area contributed by atoms with Crippen molar-refractivity contribution < 1.29 is 0 Å². The Bertz CT molecular complexity index is 155. The van der Waals surface area contributed by atoms with E-state index in [4.69, 9.17) is 0 Å². The minimum absolute atomic E-state index is 0.690. The Hall–Kier alpha value is -0.0800. The van der Waals surface area contributed by atoms with Gasteiger partial charge in [-0.05, 0) is 38.3 Å². The lowest BCUT2D eigenvalue weighted by Crippen LogP contribution is -2.43. The van der Waals surface area contributed by atoms with Crippen LogP contribution in [0.3, 0.4) is 0 Å². The molecule has 0 aromatic rings. The Morgan fingerprint density at radius 2 is 2.00 bits per heavy atom. The molecule has 0 saturated heterocycles. The summed E-state index contributed by atoms with van der Waals surface area (Å²) in [6.45, 7) is 11.6. The van der Waals surface area contributed by atoms with Gasteiger partial charge in [-0.3, -0.25) is 0 Å². The van der Waals surface area contributed by atoms with Crippen molar-refractivity contribution in [3.05, 3.63) is 0 Å². The first-order valence-corrected chi connectivity index (χ1v) is 6.75. The van der Waals surface area contributed by atoms with Gasteiger partial charge in [0.05, 0.1) is 0 Å². The van der Waals surface area contributed by atoms with Crippen molar-refractivity contribution in [3.63, 3.8) is 0 Å². The van der Waals surface area contributed by atoms with Crippen molar-refractivity contribution in [2.24, 2.45) is 5.92 Å². The Labute approximate surface area is 95.4 Å². The Kier molecular flexibility index (Phi) is 6.26. The van der Waals surface area contributed by atoms with Crippen molar-refractivity contribution in [3.8, 4) is 0 Å². The van der Waals surface area contributed by atoms with E-state index in [2.05, 4.69) is 31.0 Å². The molecule has 15 heavy (non-hydrogen) atoms. The fourth-order valence-corrected chi connectivity index (χ4v) is 2.31. The predicted molar refractivity (Wildman–Crippen MR) is 67.2 cm³/mol. The van der Waals surface area contributed by atoms with Gasteiger partial charge in [-0.1, -0.05) is 27.2 Å². The molecule has 1 N–H and O–H groups in total. The highest BCUT2D eigenvalue weighted by Crippen LogP contribution is 2.27. The molecule has 1 unspecified atom stereocenters. The number of hydrogen-bond donors (Lipinski definition) is 1. The highest BCUT2D eigenvalue weighted by molar-refractivity contribution is 4.76. The maximum absolute atomic E-state index is 3.56. The van der Waals surface area contributed by atoms with E-state index < -0.39 is 0 Å². The SMILES string of the molecule is CCNC(CC)CN(CC)CC1CCC1. The molecule has 0 aromatic carbocycles. The van der Waals surface area contributed by atoms with E-state index in [1.807, 2.05) is 0 Å². The molecule has 0 heterocycles. The molecule has 0 spiro atoms. The molecule has 0 amide bonds. The zero-order valence-electron chi connectivity index (χ0n) is 10.8. The molecule has 0 radical (unpaired) electrons. The summed E-state index contributed by atoms with van der Waals surface area (Å²) in [6.07, 6.45) is 5.64. The van der Waals surface area contributed by atoms with Crippen molar-refractivity contribution in [2.45, 2.75) is 52.5 Å². The van der Waals surface area contributed by atoms with Gasteiger partial charge in [0.1, 0.15) is 0 Å². The molecular formula is C13H28N2. The second kappa shape index (κ2) is 7.24. The maximum Gasteiger partial charge on any atom is 0.0192 e. The van der Waals surface area contributed by atoms with E-state index in [0.717, 1.165) is 12.5 Å². The second-order valence-corrected chi connectivity index (χ2v) is 4.81. The summed E-state index contributed by atoms with van der Waals surface area (Å²) in [4.78, 5) is 2.63. The zero-order valence-corrected chi connectivity index (χ0v) is 10.8. The number of nitrogens with one attached hydrogen (secondary N) is 1. The van der Waals surface area contributed by atoms with Crippen LogP contribution in [0, 0.1) is 5.92 Å². The fraction of sp³-hybridized carbons (Fsp3) is 1.00. The molecular weight excluding hydrogens is 184 g/mol. The van der Waals surface area contributed by atoms with Crippen LogP contribution in [0.25, 0.3) is 0 Å². The lowest BCUT2D eigenvalue weighted by Gasteiger charge is -2.33.